The maximum atomic E-state index is 7.95. The Labute approximate surface area is 124 Å². The molecule has 0 fully saturated rings. The minimum absolute atomic E-state index is 0.788. The van der Waals surface area contributed by atoms with Crippen LogP contribution in [0.25, 0.3) is 0 Å². The Bertz CT molecular complexity index is 610. The topological polar surface area (TPSA) is 36.2 Å². The summed E-state index contributed by atoms with van der Waals surface area (Å²) in [6.45, 7) is 0. The van der Waals surface area contributed by atoms with Crippen molar-refractivity contribution in [2.24, 2.45) is 5.11 Å². The van der Waals surface area contributed by atoms with Crippen molar-refractivity contribution >= 4 is 0 Å². The van der Waals surface area contributed by atoms with E-state index in [9.17, 15) is 0 Å². The van der Waals surface area contributed by atoms with Gasteiger partial charge in [-0.15, -0.1) is 0 Å². The Kier molecular flexibility index (Phi) is 3.61. The van der Waals surface area contributed by atoms with E-state index in [0.29, 0.717) is 0 Å². The second kappa shape index (κ2) is 5.71. The molecule has 0 unspecified atom stereocenters. The molecule has 2 nitrogen and oxygen atoms in total. The summed E-state index contributed by atoms with van der Waals surface area (Å²) in [4.78, 5) is 0. The molecule has 1 N–H and O–H groups in total. The van der Waals surface area contributed by atoms with Gasteiger partial charge in [-0.1, -0.05) is 91.0 Å². The van der Waals surface area contributed by atoms with Gasteiger partial charge >= 0.3 is 0 Å². The van der Waals surface area contributed by atoms with Gasteiger partial charge in [0.1, 0.15) is 0 Å². The largest absolute Gasteiger partial charge is 0.208 e. The fraction of sp³-hybridized carbons (Fsp3) is 0.0526. The summed E-state index contributed by atoms with van der Waals surface area (Å²) >= 11 is 0. The Balaban J connectivity index is 2.31. The molecule has 3 aromatic rings. The Morgan fingerprint density at radius 3 is 1.05 bits per heavy atom. The van der Waals surface area contributed by atoms with Crippen molar-refractivity contribution in [3.63, 3.8) is 0 Å². The quantitative estimate of drug-likeness (QED) is 0.512. The van der Waals surface area contributed by atoms with E-state index >= 15 is 0 Å². The van der Waals surface area contributed by atoms with Crippen LogP contribution < -0.4 is 0 Å². The van der Waals surface area contributed by atoms with Gasteiger partial charge in [0.2, 0.25) is 0 Å². The molecular formula is C19H16N2. The van der Waals surface area contributed by atoms with E-state index in [0.717, 1.165) is 16.7 Å². The third-order valence-electron chi connectivity index (χ3n) is 3.74. The predicted octanol–water partition coefficient (Wildman–Crippen LogP) is 5.01. The predicted molar refractivity (Wildman–Crippen MR) is 84.4 cm³/mol. The van der Waals surface area contributed by atoms with Crippen molar-refractivity contribution in [1.82, 2.24) is 0 Å². The van der Waals surface area contributed by atoms with Gasteiger partial charge in [-0.3, -0.25) is 0 Å². The Morgan fingerprint density at radius 1 is 0.524 bits per heavy atom. The van der Waals surface area contributed by atoms with Crippen molar-refractivity contribution in [2.45, 2.75) is 5.54 Å². The zero-order chi connectivity index (χ0) is 14.5. The average molecular weight is 272 g/mol. The zero-order valence-electron chi connectivity index (χ0n) is 11.6. The Morgan fingerprint density at radius 2 is 0.810 bits per heavy atom. The van der Waals surface area contributed by atoms with E-state index in [1.165, 1.54) is 0 Å². The first kappa shape index (κ1) is 13.3. The van der Waals surface area contributed by atoms with Crippen molar-refractivity contribution in [3.8, 4) is 0 Å². The summed E-state index contributed by atoms with van der Waals surface area (Å²) in [5.74, 6) is 0. The monoisotopic (exact) mass is 272 g/mol. The van der Waals surface area contributed by atoms with E-state index in [1.807, 2.05) is 91.0 Å². The van der Waals surface area contributed by atoms with E-state index in [1.54, 1.807) is 0 Å². The fourth-order valence-electron chi connectivity index (χ4n) is 2.73. The summed E-state index contributed by atoms with van der Waals surface area (Å²) < 4.78 is 0. The normalized spacial score (nSPS) is 11.0. The van der Waals surface area contributed by atoms with E-state index in [-0.39, 0.29) is 0 Å². The molecule has 0 bridgehead atoms. The summed E-state index contributed by atoms with van der Waals surface area (Å²) in [6.07, 6.45) is 0. The van der Waals surface area contributed by atoms with Crippen LogP contribution in [-0.4, -0.2) is 0 Å². The van der Waals surface area contributed by atoms with Crippen molar-refractivity contribution in [1.29, 1.82) is 5.53 Å². The highest BCUT2D eigenvalue weighted by Crippen LogP contribution is 2.40. The summed E-state index contributed by atoms with van der Waals surface area (Å²) in [7, 11) is 0. The molecule has 3 aromatic carbocycles. The van der Waals surface area contributed by atoms with Gasteiger partial charge in [-0.2, -0.15) is 5.11 Å². The van der Waals surface area contributed by atoms with Crippen LogP contribution >= 0.6 is 0 Å². The minimum atomic E-state index is -0.788. The van der Waals surface area contributed by atoms with E-state index in [4.69, 9.17) is 5.53 Å². The zero-order valence-corrected chi connectivity index (χ0v) is 11.6. The fourth-order valence-corrected chi connectivity index (χ4v) is 2.73. The number of hydrogen-bond acceptors (Lipinski definition) is 2. The molecule has 21 heavy (non-hydrogen) atoms. The second-order valence-electron chi connectivity index (χ2n) is 4.92. The number of rotatable bonds is 4. The molecule has 0 aliphatic rings. The van der Waals surface area contributed by atoms with Crippen LogP contribution in [0.1, 0.15) is 16.7 Å². The van der Waals surface area contributed by atoms with Crippen molar-refractivity contribution in [3.05, 3.63) is 108 Å². The highest BCUT2D eigenvalue weighted by atomic mass is 15.0. The second-order valence-corrected chi connectivity index (χ2v) is 4.92. The van der Waals surface area contributed by atoms with Crippen LogP contribution in [-0.2, 0) is 5.54 Å². The summed E-state index contributed by atoms with van der Waals surface area (Å²) in [5.41, 5.74) is 10.2. The molecule has 0 aromatic heterocycles. The lowest BCUT2D eigenvalue weighted by Gasteiger charge is -2.30. The lowest BCUT2D eigenvalue weighted by molar-refractivity contribution is 0.598. The lowest BCUT2D eigenvalue weighted by atomic mass is 9.78. The van der Waals surface area contributed by atoms with Gasteiger partial charge in [0.05, 0.1) is 0 Å². The van der Waals surface area contributed by atoms with Gasteiger partial charge in [0.25, 0.3) is 0 Å². The number of hydrogen-bond donors (Lipinski definition) is 1. The molecule has 0 saturated carbocycles. The third-order valence-corrected chi connectivity index (χ3v) is 3.74. The van der Waals surface area contributed by atoms with Crippen LogP contribution in [0, 0.1) is 5.53 Å². The van der Waals surface area contributed by atoms with Gasteiger partial charge in [-0.25, -0.2) is 5.53 Å². The molecule has 0 saturated heterocycles. The van der Waals surface area contributed by atoms with Gasteiger partial charge in [0, 0.05) is 0 Å². The van der Waals surface area contributed by atoms with Crippen molar-refractivity contribution < 1.29 is 0 Å². The first-order valence-electron chi connectivity index (χ1n) is 6.93. The molecule has 2 heteroatoms. The molecule has 0 atom stereocenters. The number of nitrogens with one attached hydrogen (secondary N) is 1. The van der Waals surface area contributed by atoms with Crippen LogP contribution in [0.15, 0.2) is 96.1 Å². The molecule has 0 aliphatic carbocycles. The van der Waals surface area contributed by atoms with E-state index < -0.39 is 5.54 Å². The first-order chi connectivity index (χ1) is 10.4. The Hall–Kier alpha value is -2.74. The van der Waals surface area contributed by atoms with Gasteiger partial charge in [-0.05, 0) is 16.7 Å². The van der Waals surface area contributed by atoms with Crippen LogP contribution in [0.5, 0.6) is 0 Å². The van der Waals surface area contributed by atoms with Gasteiger partial charge < -0.3 is 0 Å². The van der Waals surface area contributed by atoms with Crippen LogP contribution in [0.2, 0.25) is 0 Å². The maximum Gasteiger partial charge on any atom is 0.156 e. The maximum absolute atomic E-state index is 7.95. The molecule has 102 valence electrons. The number of nitrogens with zero attached hydrogens (tertiary/aromatic N) is 1. The summed E-state index contributed by atoms with van der Waals surface area (Å²) in [5, 5.41) is 4.08. The molecule has 0 amide bonds. The van der Waals surface area contributed by atoms with E-state index in [2.05, 4.69) is 5.11 Å². The lowest BCUT2D eigenvalue weighted by Crippen LogP contribution is -2.26. The number of benzene rings is 3. The standard InChI is InChI=1S/C19H16N2/c20-21-19(16-10-4-1-5-11-16,17-12-6-2-7-13-17)18-14-8-3-9-15-18/h1-15,20H. The van der Waals surface area contributed by atoms with Crippen LogP contribution in [0.3, 0.4) is 0 Å². The minimum Gasteiger partial charge on any atom is -0.208 e. The average Bonchev–Trinajstić information content (AvgIpc) is 2.59. The van der Waals surface area contributed by atoms with Gasteiger partial charge in [0.15, 0.2) is 5.54 Å². The smallest absolute Gasteiger partial charge is 0.156 e. The van der Waals surface area contributed by atoms with Crippen molar-refractivity contribution in [2.75, 3.05) is 0 Å². The van der Waals surface area contributed by atoms with Crippen LogP contribution in [0.4, 0.5) is 0 Å². The molecule has 3 rings (SSSR count). The molecule has 0 aliphatic heterocycles. The molecule has 0 heterocycles. The summed E-state index contributed by atoms with van der Waals surface area (Å²) in [6, 6.07) is 30.0. The first-order valence-corrected chi connectivity index (χ1v) is 6.93. The molecule has 0 radical (unpaired) electrons. The molecule has 0 spiro atoms. The highest BCUT2D eigenvalue weighted by molar-refractivity contribution is 5.49. The molecular weight excluding hydrogens is 256 g/mol. The third kappa shape index (κ3) is 2.25. The SMILES string of the molecule is N=NC(c1ccccc1)(c1ccccc1)c1ccccc1. The highest BCUT2D eigenvalue weighted by Gasteiger charge is 2.35.